The summed E-state index contributed by atoms with van der Waals surface area (Å²) in [5, 5.41) is 9.62. The number of hydrogen-bond acceptors (Lipinski definition) is 3. The molecule has 1 amide bonds. The molecule has 20 heavy (non-hydrogen) atoms. The first kappa shape index (κ1) is 15.3. The van der Waals surface area contributed by atoms with Gasteiger partial charge in [0, 0.05) is 25.7 Å². The minimum Gasteiger partial charge on any atom is -0.338 e. The van der Waals surface area contributed by atoms with Crippen LogP contribution in [0.15, 0.2) is 0 Å². The zero-order valence-corrected chi connectivity index (χ0v) is 12.9. The van der Waals surface area contributed by atoms with E-state index in [1.54, 1.807) is 0 Å². The minimum atomic E-state index is -0.732. The lowest BCUT2D eigenvalue weighted by Gasteiger charge is -2.42. The molecule has 112 valence electrons. The fraction of sp³-hybridized carbons (Fsp3) is 0.875. The highest BCUT2D eigenvalue weighted by atomic mass is 16.2. The number of hydrogen-bond donors (Lipinski definition) is 0. The van der Waals surface area contributed by atoms with Gasteiger partial charge in [0.25, 0.3) is 0 Å². The Bertz CT molecular complexity index is 380. The lowest BCUT2D eigenvalue weighted by Crippen LogP contribution is -2.56. The monoisotopic (exact) mass is 277 g/mol. The number of piperazine rings is 1. The second-order valence-electron chi connectivity index (χ2n) is 6.34. The number of rotatable bonds is 2. The maximum atomic E-state index is 12.9. The first-order valence-electron chi connectivity index (χ1n) is 8.07. The molecule has 4 heteroatoms. The normalized spacial score (nSPS) is 27.6. The first-order chi connectivity index (χ1) is 9.63. The van der Waals surface area contributed by atoms with Gasteiger partial charge in [-0.1, -0.05) is 32.6 Å². The molecule has 1 saturated carbocycles. The predicted molar refractivity (Wildman–Crippen MR) is 79.0 cm³/mol. The Kier molecular flexibility index (Phi) is 5.04. The van der Waals surface area contributed by atoms with E-state index >= 15 is 0 Å². The van der Waals surface area contributed by atoms with Crippen LogP contribution in [0.1, 0.15) is 52.4 Å². The van der Waals surface area contributed by atoms with Crippen molar-refractivity contribution in [2.75, 3.05) is 26.2 Å². The van der Waals surface area contributed by atoms with E-state index in [1.165, 1.54) is 0 Å². The van der Waals surface area contributed by atoms with E-state index in [1.807, 2.05) is 4.90 Å². The molecule has 0 bridgehead atoms. The molecule has 0 spiro atoms. The van der Waals surface area contributed by atoms with E-state index in [2.05, 4.69) is 24.8 Å². The van der Waals surface area contributed by atoms with E-state index < -0.39 is 5.41 Å². The van der Waals surface area contributed by atoms with Crippen molar-refractivity contribution in [3.8, 4) is 6.07 Å². The summed E-state index contributed by atoms with van der Waals surface area (Å²) in [5.41, 5.74) is -0.732. The van der Waals surface area contributed by atoms with Gasteiger partial charge in [-0.2, -0.15) is 5.26 Å². The van der Waals surface area contributed by atoms with E-state index in [0.717, 1.165) is 64.7 Å². The molecule has 1 saturated heterocycles. The van der Waals surface area contributed by atoms with Crippen molar-refractivity contribution in [3.63, 3.8) is 0 Å². The average molecular weight is 277 g/mol. The zero-order chi connectivity index (χ0) is 14.6. The average Bonchev–Trinajstić information content (AvgIpc) is 2.72. The second kappa shape index (κ2) is 6.58. The van der Waals surface area contributed by atoms with Gasteiger partial charge in [0.1, 0.15) is 5.41 Å². The Hall–Kier alpha value is -1.08. The molecule has 4 nitrogen and oxygen atoms in total. The Labute approximate surface area is 122 Å². The van der Waals surface area contributed by atoms with Crippen molar-refractivity contribution in [2.24, 2.45) is 5.41 Å². The molecule has 2 rings (SSSR count). The highest BCUT2D eigenvalue weighted by Gasteiger charge is 2.42. The maximum Gasteiger partial charge on any atom is 0.243 e. The SMILES string of the molecule is CCN1CCN(C(=O)C2(C#N)CCCCCC2)CC1C. The van der Waals surface area contributed by atoms with Crippen LogP contribution in [0.2, 0.25) is 0 Å². The molecular weight excluding hydrogens is 250 g/mol. The van der Waals surface area contributed by atoms with Gasteiger partial charge in [-0.05, 0) is 26.3 Å². The van der Waals surface area contributed by atoms with Crippen molar-refractivity contribution in [1.82, 2.24) is 9.80 Å². The molecule has 1 atom stereocenters. The molecule has 0 N–H and O–H groups in total. The summed E-state index contributed by atoms with van der Waals surface area (Å²) >= 11 is 0. The fourth-order valence-electron chi connectivity index (χ4n) is 3.66. The topological polar surface area (TPSA) is 47.3 Å². The first-order valence-corrected chi connectivity index (χ1v) is 8.07. The molecule has 2 fully saturated rings. The largest absolute Gasteiger partial charge is 0.338 e. The quantitative estimate of drug-likeness (QED) is 0.728. The summed E-state index contributed by atoms with van der Waals surface area (Å²) in [6.07, 6.45) is 5.87. The van der Waals surface area contributed by atoms with Crippen LogP contribution in [-0.4, -0.2) is 47.9 Å². The highest BCUT2D eigenvalue weighted by molar-refractivity contribution is 5.85. The van der Waals surface area contributed by atoms with E-state index in [4.69, 9.17) is 0 Å². The van der Waals surface area contributed by atoms with Crippen LogP contribution >= 0.6 is 0 Å². The Morgan fingerprint density at radius 1 is 1.25 bits per heavy atom. The smallest absolute Gasteiger partial charge is 0.243 e. The van der Waals surface area contributed by atoms with Crippen LogP contribution in [0.25, 0.3) is 0 Å². The van der Waals surface area contributed by atoms with Crippen LogP contribution in [0.5, 0.6) is 0 Å². The molecule has 1 unspecified atom stereocenters. The van der Waals surface area contributed by atoms with Crippen LogP contribution in [0.4, 0.5) is 0 Å². The maximum absolute atomic E-state index is 12.9. The summed E-state index contributed by atoms with van der Waals surface area (Å²) in [6, 6.07) is 2.79. The van der Waals surface area contributed by atoms with Crippen LogP contribution in [0, 0.1) is 16.7 Å². The van der Waals surface area contributed by atoms with E-state index in [0.29, 0.717) is 6.04 Å². The third-order valence-electron chi connectivity index (χ3n) is 5.04. The van der Waals surface area contributed by atoms with E-state index in [9.17, 15) is 10.1 Å². The molecule has 1 aliphatic heterocycles. The van der Waals surface area contributed by atoms with E-state index in [-0.39, 0.29) is 5.91 Å². The number of carbonyl (C=O) groups is 1. The van der Waals surface area contributed by atoms with Crippen molar-refractivity contribution in [2.45, 2.75) is 58.4 Å². The predicted octanol–water partition coefficient (Wildman–Crippen LogP) is 2.40. The number of likely N-dealkylation sites (N-methyl/N-ethyl adjacent to an activating group) is 1. The Morgan fingerprint density at radius 3 is 2.40 bits per heavy atom. The second-order valence-corrected chi connectivity index (χ2v) is 6.34. The molecule has 0 aromatic heterocycles. The third-order valence-corrected chi connectivity index (χ3v) is 5.04. The van der Waals surface area contributed by atoms with Gasteiger partial charge in [-0.3, -0.25) is 9.69 Å². The van der Waals surface area contributed by atoms with Gasteiger partial charge in [0.15, 0.2) is 0 Å². The van der Waals surface area contributed by atoms with Crippen molar-refractivity contribution in [3.05, 3.63) is 0 Å². The summed E-state index contributed by atoms with van der Waals surface area (Å²) < 4.78 is 0. The van der Waals surface area contributed by atoms with Crippen LogP contribution in [0.3, 0.4) is 0 Å². The molecule has 1 aliphatic carbocycles. The standard InChI is InChI=1S/C16H27N3O/c1-3-18-10-11-19(12-14(18)2)15(20)16(13-17)8-6-4-5-7-9-16/h14H,3-12H2,1-2H3. The molecule has 2 aliphatic rings. The Balaban J connectivity index is 2.07. The van der Waals surface area contributed by atoms with Gasteiger partial charge in [0.05, 0.1) is 6.07 Å². The third kappa shape index (κ3) is 2.98. The number of amides is 1. The van der Waals surface area contributed by atoms with Gasteiger partial charge in [0.2, 0.25) is 5.91 Å². The van der Waals surface area contributed by atoms with Crippen molar-refractivity contribution in [1.29, 1.82) is 5.26 Å². The molecular formula is C16H27N3O. The Morgan fingerprint density at radius 2 is 1.90 bits per heavy atom. The van der Waals surface area contributed by atoms with Crippen LogP contribution in [-0.2, 0) is 4.79 Å². The fourth-order valence-corrected chi connectivity index (χ4v) is 3.66. The number of nitrogens with zero attached hydrogens (tertiary/aromatic N) is 3. The number of nitriles is 1. The summed E-state index contributed by atoms with van der Waals surface area (Å²) in [4.78, 5) is 17.2. The highest BCUT2D eigenvalue weighted by Crippen LogP contribution is 2.36. The molecule has 0 aromatic carbocycles. The van der Waals surface area contributed by atoms with Crippen molar-refractivity contribution < 1.29 is 4.79 Å². The minimum absolute atomic E-state index is 0.101. The number of carbonyl (C=O) groups excluding carboxylic acids is 1. The summed E-state index contributed by atoms with van der Waals surface area (Å²) in [5.74, 6) is 0.101. The van der Waals surface area contributed by atoms with Crippen LogP contribution < -0.4 is 0 Å². The lowest BCUT2D eigenvalue weighted by molar-refractivity contribution is -0.142. The van der Waals surface area contributed by atoms with Crippen molar-refractivity contribution >= 4 is 5.91 Å². The lowest BCUT2D eigenvalue weighted by atomic mass is 9.80. The van der Waals surface area contributed by atoms with Gasteiger partial charge in [-0.25, -0.2) is 0 Å². The van der Waals surface area contributed by atoms with Gasteiger partial charge < -0.3 is 4.90 Å². The van der Waals surface area contributed by atoms with Gasteiger partial charge in [-0.15, -0.1) is 0 Å². The summed E-state index contributed by atoms with van der Waals surface area (Å²) in [7, 11) is 0. The molecule has 0 radical (unpaired) electrons. The molecule has 1 heterocycles. The van der Waals surface area contributed by atoms with Gasteiger partial charge >= 0.3 is 0 Å². The molecule has 0 aromatic rings. The summed E-state index contributed by atoms with van der Waals surface area (Å²) in [6.45, 7) is 7.86. The zero-order valence-electron chi connectivity index (χ0n) is 12.9.